The summed E-state index contributed by atoms with van der Waals surface area (Å²) in [6, 6.07) is 12.4. The summed E-state index contributed by atoms with van der Waals surface area (Å²) < 4.78 is 7.95. The van der Waals surface area contributed by atoms with Gasteiger partial charge in [-0.15, -0.1) is 0 Å². The molecule has 0 spiro atoms. The van der Waals surface area contributed by atoms with Gasteiger partial charge in [-0.2, -0.15) is 0 Å². The van der Waals surface area contributed by atoms with E-state index in [1.165, 1.54) is 5.69 Å². The van der Waals surface area contributed by atoms with Crippen LogP contribution in [0.25, 0.3) is 0 Å². The van der Waals surface area contributed by atoms with Gasteiger partial charge in [-0.25, -0.2) is 0 Å². The van der Waals surface area contributed by atoms with E-state index in [1.54, 1.807) is 0 Å². The number of anilines is 1. The first kappa shape index (κ1) is 14.5. The molecule has 1 aromatic carbocycles. The molecule has 3 nitrogen and oxygen atoms in total. The average molecular weight is 272 g/mol. The Hall–Kier alpha value is -1.90. The Morgan fingerprint density at radius 3 is 2.80 bits per heavy atom. The number of rotatable bonds is 8. The van der Waals surface area contributed by atoms with E-state index >= 15 is 0 Å². The highest BCUT2D eigenvalue weighted by atomic mass is 16.5. The van der Waals surface area contributed by atoms with E-state index in [0.717, 1.165) is 44.0 Å². The van der Waals surface area contributed by atoms with Crippen LogP contribution in [0.4, 0.5) is 5.69 Å². The van der Waals surface area contributed by atoms with Crippen molar-refractivity contribution in [3.05, 3.63) is 48.3 Å². The van der Waals surface area contributed by atoms with Crippen molar-refractivity contribution in [2.75, 3.05) is 11.9 Å². The van der Waals surface area contributed by atoms with Crippen LogP contribution in [0.1, 0.15) is 32.4 Å². The second-order valence-electron chi connectivity index (χ2n) is 4.92. The normalized spacial score (nSPS) is 10.5. The topological polar surface area (TPSA) is 26.2 Å². The third-order valence-electron chi connectivity index (χ3n) is 3.17. The molecule has 2 aromatic rings. The SMILES string of the molecule is CCCOc1cccc(NCc2cccn2CCC)c1. The molecular weight excluding hydrogens is 248 g/mol. The van der Waals surface area contributed by atoms with Crippen LogP contribution in [-0.2, 0) is 13.1 Å². The fraction of sp³-hybridized carbons (Fsp3) is 0.412. The third-order valence-corrected chi connectivity index (χ3v) is 3.17. The smallest absolute Gasteiger partial charge is 0.121 e. The van der Waals surface area contributed by atoms with Gasteiger partial charge in [0, 0.05) is 30.2 Å². The molecule has 0 aliphatic carbocycles. The third kappa shape index (κ3) is 4.05. The van der Waals surface area contributed by atoms with Crippen molar-refractivity contribution < 1.29 is 4.74 Å². The maximum atomic E-state index is 5.65. The summed E-state index contributed by atoms with van der Waals surface area (Å²) in [5, 5.41) is 3.46. The minimum atomic E-state index is 0.767. The zero-order valence-corrected chi connectivity index (χ0v) is 12.4. The van der Waals surface area contributed by atoms with Crippen LogP contribution in [0.15, 0.2) is 42.6 Å². The first-order valence-corrected chi connectivity index (χ1v) is 7.44. The maximum absolute atomic E-state index is 5.65. The number of hydrogen-bond donors (Lipinski definition) is 1. The molecule has 1 aromatic heterocycles. The van der Waals surface area contributed by atoms with Gasteiger partial charge >= 0.3 is 0 Å². The van der Waals surface area contributed by atoms with Crippen molar-refractivity contribution in [2.45, 2.75) is 39.8 Å². The molecule has 0 saturated carbocycles. The van der Waals surface area contributed by atoms with Crippen LogP contribution in [-0.4, -0.2) is 11.2 Å². The molecule has 0 bridgehead atoms. The van der Waals surface area contributed by atoms with Crippen LogP contribution in [0.2, 0.25) is 0 Å². The largest absolute Gasteiger partial charge is 0.494 e. The Morgan fingerprint density at radius 2 is 2.00 bits per heavy atom. The summed E-state index contributed by atoms with van der Waals surface area (Å²) in [6.07, 6.45) is 4.32. The molecule has 0 fully saturated rings. The monoisotopic (exact) mass is 272 g/mol. The fourth-order valence-electron chi connectivity index (χ4n) is 2.18. The average Bonchev–Trinajstić information content (AvgIpc) is 2.91. The molecule has 2 rings (SSSR count). The molecule has 0 amide bonds. The Kier molecular flexibility index (Phi) is 5.54. The highest BCUT2D eigenvalue weighted by Gasteiger charge is 2.01. The Balaban J connectivity index is 1.94. The highest BCUT2D eigenvalue weighted by molar-refractivity contribution is 5.48. The number of aryl methyl sites for hydroxylation is 1. The van der Waals surface area contributed by atoms with Crippen molar-refractivity contribution in [2.24, 2.45) is 0 Å². The summed E-state index contributed by atoms with van der Waals surface area (Å²) in [7, 11) is 0. The Labute approximate surface area is 121 Å². The van der Waals surface area contributed by atoms with Crippen LogP contribution in [0.5, 0.6) is 5.75 Å². The molecule has 0 atom stereocenters. The van der Waals surface area contributed by atoms with Gasteiger partial charge in [-0.3, -0.25) is 0 Å². The predicted molar refractivity (Wildman–Crippen MR) is 84.3 cm³/mol. The number of hydrogen-bond acceptors (Lipinski definition) is 2. The van der Waals surface area contributed by atoms with E-state index in [0.29, 0.717) is 0 Å². The van der Waals surface area contributed by atoms with E-state index in [9.17, 15) is 0 Å². The minimum Gasteiger partial charge on any atom is -0.494 e. The molecular formula is C17H24N2O. The van der Waals surface area contributed by atoms with Gasteiger partial charge in [-0.05, 0) is 37.1 Å². The lowest BCUT2D eigenvalue weighted by molar-refractivity contribution is 0.317. The van der Waals surface area contributed by atoms with Gasteiger partial charge in [0.2, 0.25) is 0 Å². The molecule has 1 heterocycles. The van der Waals surface area contributed by atoms with E-state index in [2.05, 4.69) is 54.2 Å². The van der Waals surface area contributed by atoms with Gasteiger partial charge in [0.25, 0.3) is 0 Å². The van der Waals surface area contributed by atoms with Crippen LogP contribution in [0.3, 0.4) is 0 Å². The summed E-state index contributed by atoms with van der Waals surface area (Å²) in [5.41, 5.74) is 2.41. The number of ether oxygens (including phenoxy) is 1. The lowest BCUT2D eigenvalue weighted by atomic mass is 10.3. The van der Waals surface area contributed by atoms with Gasteiger partial charge in [0.1, 0.15) is 5.75 Å². The molecule has 0 aliphatic rings. The van der Waals surface area contributed by atoms with Crippen LogP contribution in [0, 0.1) is 0 Å². The molecule has 3 heteroatoms. The number of benzene rings is 1. The zero-order chi connectivity index (χ0) is 14.2. The first-order valence-electron chi connectivity index (χ1n) is 7.44. The quantitative estimate of drug-likeness (QED) is 0.775. The second kappa shape index (κ2) is 7.63. The van der Waals surface area contributed by atoms with Crippen molar-refractivity contribution in [1.29, 1.82) is 0 Å². The Morgan fingerprint density at radius 1 is 1.10 bits per heavy atom. The predicted octanol–water partition coefficient (Wildman–Crippen LogP) is 4.30. The van der Waals surface area contributed by atoms with Gasteiger partial charge in [0.15, 0.2) is 0 Å². The van der Waals surface area contributed by atoms with E-state index in [4.69, 9.17) is 4.74 Å². The van der Waals surface area contributed by atoms with Gasteiger partial charge in [0.05, 0.1) is 13.2 Å². The van der Waals surface area contributed by atoms with Crippen molar-refractivity contribution in [3.8, 4) is 5.75 Å². The first-order chi connectivity index (χ1) is 9.83. The Bertz CT molecular complexity index is 519. The molecule has 0 radical (unpaired) electrons. The zero-order valence-electron chi connectivity index (χ0n) is 12.4. The van der Waals surface area contributed by atoms with Gasteiger partial charge < -0.3 is 14.6 Å². The van der Waals surface area contributed by atoms with Crippen molar-refractivity contribution in [1.82, 2.24) is 4.57 Å². The number of nitrogens with zero attached hydrogens (tertiary/aromatic N) is 1. The van der Waals surface area contributed by atoms with Crippen LogP contribution >= 0.6 is 0 Å². The molecule has 0 saturated heterocycles. The lowest BCUT2D eigenvalue weighted by Crippen LogP contribution is -2.07. The number of nitrogens with one attached hydrogen (secondary N) is 1. The van der Waals surface area contributed by atoms with E-state index in [-0.39, 0.29) is 0 Å². The minimum absolute atomic E-state index is 0.767. The summed E-state index contributed by atoms with van der Waals surface area (Å²) in [4.78, 5) is 0. The fourth-order valence-corrected chi connectivity index (χ4v) is 2.18. The van der Waals surface area contributed by atoms with Crippen molar-refractivity contribution in [3.63, 3.8) is 0 Å². The van der Waals surface area contributed by atoms with E-state index < -0.39 is 0 Å². The van der Waals surface area contributed by atoms with Gasteiger partial charge in [-0.1, -0.05) is 19.9 Å². The van der Waals surface area contributed by atoms with E-state index in [1.807, 2.05) is 12.1 Å². The number of aromatic nitrogens is 1. The summed E-state index contributed by atoms with van der Waals surface area (Å²) in [6.45, 7) is 6.99. The maximum Gasteiger partial charge on any atom is 0.121 e. The highest BCUT2D eigenvalue weighted by Crippen LogP contribution is 2.18. The van der Waals surface area contributed by atoms with Crippen molar-refractivity contribution >= 4 is 5.69 Å². The molecule has 108 valence electrons. The second-order valence-corrected chi connectivity index (χ2v) is 4.92. The molecule has 0 aliphatic heterocycles. The molecule has 20 heavy (non-hydrogen) atoms. The lowest BCUT2D eigenvalue weighted by Gasteiger charge is -2.11. The summed E-state index contributed by atoms with van der Waals surface area (Å²) in [5.74, 6) is 0.931. The standard InChI is InChI=1S/C17H24N2O/c1-3-10-19-11-6-8-16(19)14-18-15-7-5-9-17(13-15)20-12-4-2/h5-9,11,13,18H,3-4,10,12,14H2,1-2H3. The van der Waals surface area contributed by atoms with Crippen LogP contribution < -0.4 is 10.1 Å². The molecule has 1 N–H and O–H groups in total. The molecule has 0 unspecified atom stereocenters. The summed E-state index contributed by atoms with van der Waals surface area (Å²) >= 11 is 0.